The summed E-state index contributed by atoms with van der Waals surface area (Å²) in [6, 6.07) is 6.14. The maximum absolute atomic E-state index is 13.0. The van der Waals surface area contributed by atoms with Gasteiger partial charge in [-0.15, -0.1) is 0 Å². The highest BCUT2D eigenvalue weighted by Crippen LogP contribution is 2.13. The molecule has 1 aromatic heterocycles. The first-order chi connectivity index (χ1) is 10.9. The number of halogens is 2. The quantitative estimate of drug-likeness (QED) is 0.737. The van der Waals surface area contributed by atoms with Crippen LogP contribution in [0.25, 0.3) is 0 Å². The molecule has 8 heteroatoms. The summed E-state index contributed by atoms with van der Waals surface area (Å²) >= 11 is 0. The van der Waals surface area contributed by atoms with Crippen molar-refractivity contribution in [3.63, 3.8) is 0 Å². The second kappa shape index (κ2) is 7.01. The van der Waals surface area contributed by atoms with Crippen molar-refractivity contribution in [2.45, 2.75) is 6.10 Å². The lowest BCUT2D eigenvalue weighted by atomic mass is 10.2. The third-order valence-electron chi connectivity index (χ3n) is 3.17. The molecule has 122 valence electrons. The Labute approximate surface area is 130 Å². The van der Waals surface area contributed by atoms with Gasteiger partial charge in [0, 0.05) is 37.2 Å². The number of benzene rings is 1. The molecule has 1 unspecified atom stereocenters. The van der Waals surface area contributed by atoms with Gasteiger partial charge in [-0.05, 0) is 24.3 Å². The summed E-state index contributed by atoms with van der Waals surface area (Å²) in [5.41, 5.74) is 0.526. The Kier molecular flexibility index (Phi) is 5.07. The molecule has 0 saturated carbocycles. The average Bonchev–Trinajstić information content (AvgIpc) is 2.94. The fraction of sp³-hybridized carbons (Fsp3) is 0.200. The van der Waals surface area contributed by atoms with Crippen molar-refractivity contribution >= 4 is 17.5 Å². The molecule has 1 atom stereocenters. The number of nitrogens with one attached hydrogen (secondary N) is 2. The third-order valence-corrected chi connectivity index (χ3v) is 3.17. The lowest BCUT2D eigenvalue weighted by Gasteiger charge is -2.13. The summed E-state index contributed by atoms with van der Waals surface area (Å²) in [5.74, 6) is -4.24. The molecule has 0 fully saturated rings. The molecular formula is C15H15F2N3O3. The van der Waals surface area contributed by atoms with Gasteiger partial charge in [0.25, 0.3) is 0 Å². The van der Waals surface area contributed by atoms with E-state index in [4.69, 9.17) is 0 Å². The van der Waals surface area contributed by atoms with E-state index in [1.54, 1.807) is 29.9 Å². The molecule has 0 aliphatic rings. The second-order valence-electron chi connectivity index (χ2n) is 4.85. The fourth-order valence-electron chi connectivity index (χ4n) is 1.96. The number of carbonyl (C=O) groups is 2. The standard InChI is InChI=1S/C15H15F2N3O3/c1-20-6-2-3-12(20)13(21)8-18-14(22)15(23)19-9-4-5-10(16)11(17)7-9/h2-7,13,21H,8H2,1H3,(H,18,22)(H,19,23). The van der Waals surface area contributed by atoms with E-state index in [0.717, 1.165) is 18.2 Å². The molecule has 0 aliphatic carbocycles. The number of hydrogen-bond acceptors (Lipinski definition) is 3. The predicted molar refractivity (Wildman–Crippen MR) is 78.4 cm³/mol. The fourth-order valence-corrected chi connectivity index (χ4v) is 1.96. The molecule has 0 spiro atoms. The van der Waals surface area contributed by atoms with Crippen LogP contribution in [0.5, 0.6) is 0 Å². The summed E-state index contributed by atoms with van der Waals surface area (Å²) in [6.45, 7) is -0.165. The molecule has 2 amide bonds. The van der Waals surface area contributed by atoms with Crippen molar-refractivity contribution < 1.29 is 23.5 Å². The minimum atomic E-state index is -1.14. The molecule has 6 nitrogen and oxygen atoms in total. The van der Waals surface area contributed by atoms with Crippen molar-refractivity contribution in [3.8, 4) is 0 Å². The smallest absolute Gasteiger partial charge is 0.313 e. The number of aromatic nitrogens is 1. The number of aliphatic hydroxyl groups excluding tert-OH is 1. The Balaban J connectivity index is 1.89. The Morgan fingerprint density at radius 3 is 2.57 bits per heavy atom. The Morgan fingerprint density at radius 1 is 1.22 bits per heavy atom. The van der Waals surface area contributed by atoms with Crippen LogP contribution in [0.15, 0.2) is 36.5 Å². The van der Waals surface area contributed by atoms with Gasteiger partial charge in [-0.25, -0.2) is 8.78 Å². The van der Waals surface area contributed by atoms with E-state index in [1.807, 2.05) is 0 Å². The Hall–Kier alpha value is -2.74. The number of aliphatic hydroxyl groups is 1. The van der Waals surface area contributed by atoms with Gasteiger partial charge in [-0.1, -0.05) is 0 Å². The van der Waals surface area contributed by atoms with Crippen molar-refractivity contribution in [2.24, 2.45) is 7.05 Å². The lowest BCUT2D eigenvalue weighted by molar-refractivity contribution is -0.136. The van der Waals surface area contributed by atoms with Gasteiger partial charge >= 0.3 is 11.8 Å². The van der Waals surface area contributed by atoms with Crippen LogP contribution in [0, 0.1) is 11.6 Å². The Morgan fingerprint density at radius 2 is 1.96 bits per heavy atom. The maximum atomic E-state index is 13.0. The molecule has 23 heavy (non-hydrogen) atoms. The van der Waals surface area contributed by atoms with E-state index in [0.29, 0.717) is 5.69 Å². The van der Waals surface area contributed by atoms with Gasteiger partial charge in [0.05, 0.1) is 0 Å². The maximum Gasteiger partial charge on any atom is 0.313 e. The second-order valence-corrected chi connectivity index (χ2v) is 4.85. The molecule has 1 heterocycles. The van der Waals surface area contributed by atoms with E-state index >= 15 is 0 Å². The van der Waals surface area contributed by atoms with Gasteiger partial charge in [-0.3, -0.25) is 9.59 Å². The van der Waals surface area contributed by atoms with Crippen molar-refractivity contribution in [1.29, 1.82) is 0 Å². The minimum Gasteiger partial charge on any atom is -0.385 e. The van der Waals surface area contributed by atoms with Crippen molar-refractivity contribution in [1.82, 2.24) is 9.88 Å². The van der Waals surface area contributed by atoms with Gasteiger partial charge in [0.15, 0.2) is 11.6 Å². The zero-order valence-electron chi connectivity index (χ0n) is 12.2. The number of nitrogens with zero attached hydrogens (tertiary/aromatic N) is 1. The lowest BCUT2D eigenvalue weighted by Crippen LogP contribution is -2.37. The zero-order valence-corrected chi connectivity index (χ0v) is 12.2. The first-order valence-corrected chi connectivity index (χ1v) is 6.72. The van der Waals surface area contributed by atoms with E-state index < -0.39 is 29.6 Å². The Bertz CT molecular complexity index is 731. The minimum absolute atomic E-state index is 0.0490. The summed E-state index contributed by atoms with van der Waals surface area (Å²) < 4.78 is 27.5. The zero-order chi connectivity index (χ0) is 17.0. The van der Waals surface area contributed by atoms with Crippen LogP contribution < -0.4 is 10.6 Å². The van der Waals surface area contributed by atoms with Crippen LogP contribution in [-0.4, -0.2) is 28.0 Å². The largest absolute Gasteiger partial charge is 0.385 e. The first-order valence-electron chi connectivity index (χ1n) is 6.72. The third kappa shape index (κ3) is 4.13. The predicted octanol–water partition coefficient (Wildman–Crippen LogP) is 1.09. The van der Waals surface area contributed by atoms with Crippen LogP contribution in [0.3, 0.4) is 0 Å². The number of aryl methyl sites for hydroxylation is 1. The molecule has 2 rings (SSSR count). The SMILES string of the molecule is Cn1cccc1C(O)CNC(=O)C(=O)Nc1ccc(F)c(F)c1. The molecule has 3 N–H and O–H groups in total. The van der Waals surface area contributed by atoms with Crippen LogP contribution in [0.2, 0.25) is 0 Å². The molecule has 0 radical (unpaired) electrons. The van der Waals surface area contributed by atoms with Gasteiger partial charge < -0.3 is 20.3 Å². The number of anilines is 1. The first kappa shape index (κ1) is 16.6. The summed E-state index contributed by atoms with van der Waals surface area (Å²) in [5, 5.41) is 14.3. The van der Waals surface area contributed by atoms with Gasteiger partial charge in [-0.2, -0.15) is 0 Å². The highest BCUT2D eigenvalue weighted by atomic mass is 19.2. The molecular weight excluding hydrogens is 308 g/mol. The van der Waals surface area contributed by atoms with E-state index in [9.17, 15) is 23.5 Å². The van der Waals surface area contributed by atoms with Gasteiger partial charge in [0.2, 0.25) is 0 Å². The summed E-state index contributed by atoms with van der Waals surface area (Å²) in [7, 11) is 1.73. The number of rotatable bonds is 4. The van der Waals surface area contributed by atoms with Crippen LogP contribution in [0.1, 0.15) is 11.8 Å². The normalized spacial score (nSPS) is 11.8. The van der Waals surface area contributed by atoms with Crippen molar-refractivity contribution in [3.05, 3.63) is 53.9 Å². The molecule has 0 bridgehead atoms. The molecule has 1 aromatic carbocycles. The highest BCUT2D eigenvalue weighted by molar-refractivity contribution is 6.39. The topological polar surface area (TPSA) is 83.4 Å². The molecule has 2 aromatic rings. The van der Waals surface area contributed by atoms with Crippen molar-refractivity contribution in [2.75, 3.05) is 11.9 Å². The van der Waals surface area contributed by atoms with Crippen LogP contribution in [0.4, 0.5) is 14.5 Å². The van der Waals surface area contributed by atoms with E-state index in [1.165, 1.54) is 0 Å². The monoisotopic (exact) mass is 323 g/mol. The van der Waals surface area contributed by atoms with Crippen LogP contribution >= 0.6 is 0 Å². The number of carbonyl (C=O) groups excluding carboxylic acids is 2. The van der Waals surface area contributed by atoms with E-state index in [2.05, 4.69) is 10.6 Å². The summed E-state index contributed by atoms with van der Waals surface area (Å²) in [4.78, 5) is 23.3. The van der Waals surface area contributed by atoms with E-state index in [-0.39, 0.29) is 12.2 Å². The number of amides is 2. The summed E-state index contributed by atoms with van der Waals surface area (Å²) in [6.07, 6.45) is 0.755. The highest BCUT2D eigenvalue weighted by Gasteiger charge is 2.17. The molecule has 0 aliphatic heterocycles. The van der Waals surface area contributed by atoms with Crippen LogP contribution in [-0.2, 0) is 16.6 Å². The number of hydrogen-bond donors (Lipinski definition) is 3. The van der Waals surface area contributed by atoms with Gasteiger partial charge in [0.1, 0.15) is 6.10 Å². The average molecular weight is 323 g/mol. The molecule has 0 saturated heterocycles.